The molecule has 122 valence electrons. The summed E-state index contributed by atoms with van der Waals surface area (Å²) in [4.78, 5) is 0. The molecule has 0 aromatic carbocycles. The SMILES string of the molecule is COCCNCC1(CCC2CCCO2)CCOC1C1CC1. The van der Waals surface area contributed by atoms with E-state index in [9.17, 15) is 0 Å². The van der Waals surface area contributed by atoms with Crippen LogP contribution in [-0.4, -0.2) is 52.2 Å². The van der Waals surface area contributed by atoms with E-state index in [0.29, 0.717) is 17.6 Å². The van der Waals surface area contributed by atoms with E-state index in [1.807, 2.05) is 0 Å². The summed E-state index contributed by atoms with van der Waals surface area (Å²) in [7, 11) is 1.76. The van der Waals surface area contributed by atoms with E-state index < -0.39 is 0 Å². The molecule has 1 aliphatic carbocycles. The van der Waals surface area contributed by atoms with Gasteiger partial charge in [0.25, 0.3) is 0 Å². The number of hydrogen-bond acceptors (Lipinski definition) is 4. The highest BCUT2D eigenvalue weighted by Crippen LogP contribution is 2.50. The van der Waals surface area contributed by atoms with Gasteiger partial charge in [0.1, 0.15) is 0 Å². The van der Waals surface area contributed by atoms with Crippen molar-refractivity contribution in [2.45, 2.75) is 57.2 Å². The molecule has 3 rings (SSSR count). The van der Waals surface area contributed by atoms with Gasteiger partial charge < -0.3 is 19.5 Å². The Balaban J connectivity index is 1.55. The molecule has 0 aromatic heterocycles. The van der Waals surface area contributed by atoms with Crippen LogP contribution < -0.4 is 5.32 Å². The van der Waals surface area contributed by atoms with Crippen molar-refractivity contribution in [3.05, 3.63) is 0 Å². The second kappa shape index (κ2) is 7.40. The topological polar surface area (TPSA) is 39.7 Å². The first-order valence-corrected chi connectivity index (χ1v) is 8.77. The molecule has 1 N–H and O–H groups in total. The van der Waals surface area contributed by atoms with E-state index >= 15 is 0 Å². The summed E-state index contributed by atoms with van der Waals surface area (Å²) in [5, 5.41) is 3.61. The maximum atomic E-state index is 6.15. The quantitative estimate of drug-likeness (QED) is 0.663. The van der Waals surface area contributed by atoms with Gasteiger partial charge in [0.15, 0.2) is 0 Å². The maximum Gasteiger partial charge on any atom is 0.0672 e. The molecule has 3 unspecified atom stereocenters. The van der Waals surface area contributed by atoms with Gasteiger partial charge in [-0.25, -0.2) is 0 Å². The Bertz CT molecular complexity index is 315. The van der Waals surface area contributed by atoms with Crippen LogP contribution in [0.25, 0.3) is 0 Å². The first kappa shape index (κ1) is 15.7. The Kier molecular flexibility index (Phi) is 5.54. The number of methoxy groups -OCH3 is 1. The van der Waals surface area contributed by atoms with Crippen molar-refractivity contribution in [1.82, 2.24) is 5.32 Å². The van der Waals surface area contributed by atoms with Crippen LogP contribution in [0.3, 0.4) is 0 Å². The molecule has 3 aliphatic rings. The summed E-state index contributed by atoms with van der Waals surface area (Å²) in [6, 6.07) is 0. The predicted octanol–water partition coefficient (Wildman–Crippen LogP) is 2.37. The molecule has 0 amide bonds. The van der Waals surface area contributed by atoms with Gasteiger partial charge in [-0.2, -0.15) is 0 Å². The van der Waals surface area contributed by atoms with Crippen molar-refractivity contribution < 1.29 is 14.2 Å². The van der Waals surface area contributed by atoms with Gasteiger partial charge in [-0.05, 0) is 50.9 Å². The van der Waals surface area contributed by atoms with E-state index in [1.165, 1.54) is 44.9 Å². The summed E-state index contributed by atoms with van der Waals surface area (Å²) in [6.45, 7) is 4.71. The minimum absolute atomic E-state index is 0.334. The molecule has 0 radical (unpaired) electrons. The molecule has 2 saturated heterocycles. The monoisotopic (exact) mass is 297 g/mol. The highest BCUT2D eigenvalue weighted by Gasteiger charge is 2.50. The lowest BCUT2D eigenvalue weighted by Gasteiger charge is -2.35. The standard InChI is InChI=1S/C17H31NO3/c1-19-12-9-18-13-17(7-6-15-3-2-10-20-15)8-11-21-16(17)14-4-5-14/h14-16,18H,2-13H2,1H3. The average Bonchev–Trinajstić information content (AvgIpc) is 3.04. The average molecular weight is 297 g/mol. The normalized spacial score (nSPS) is 36.4. The molecule has 0 aromatic rings. The molecule has 4 heteroatoms. The molecule has 21 heavy (non-hydrogen) atoms. The summed E-state index contributed by atoms with van der Waals surface area (Å²) >= 11 is 0. The van der Waals surface area contributed by atoms with Crippen LogP contribution in [0.5, 0.6) is 0 Å². The van der Waals surface area contributed by atoms with Crippen molar-refractivity contribution in [3.8, 4) is 0 Å². The van der Waals surface area contributed by atoms with Crippen molar-refractivity contribution >= 4 is 0 Å². The lowest BCUT2D eigenvalue weighted by Crippen LogP contribution is -2.43. The Labute approximate surface area is 128 Å². The van der Waals surface area contributed by atoms with Crippen LogP contribution in [0.1, 0.15) is 44.9 Å². The lowest BCUT2D eigenvalue weighted by atomic mass is 9.74. The summed E-state index contributed by atoms with van der Waals surface area (Å²) in [5.74, 6) is 0.821. The fourth-order valence-corrected chi connectivity index (χ4v) is 4.12. The van der Waals surface area contributed by atoms with E-state index in [1.54, 1.807) is 7.11 Å². The van der Waals surface area contributed by atoms with Gasteiger partial charge in [0, 0.05) is 38.8 Å². The number of rotatable bonds is 9. The van der Waals surface area contributed by atoms with Gasteiger partial charge in [-0.3, -0.25) is 0 Å². The molecule has 1 saturated carbocycles. The van der Waals surface area contributed by atoms with Crippen LogP contribution >= 0.6 is 0 Å². The molecule has 3 atom stereocenters. The summed E-state index contributed by atoms with van der Waals surface area (Å²) in [6.07, 6.45) is 9.87. The Morgan fingerprint density at radius 1 is 1.19 bits per heavy atom. The molecule has 2 heterocycles. The Hall–Kier alpha value is -0.160. The molecule has 0 spiro atoms. The minimum Gasteiger partial charge on any atom is -0.383 e. The largest absolute Gasteiger partial charge is 0.383 e. The second-order valence-corrected chi connectivity index (χ2v) is 7.08. The minimum atomic E-state index is 0.334. The maximum absolute atomic E-state index is 6.15. The van der Waals surface area contributed by atoms with E-state index in [0.717, 1.165) is 38.8 Å². The Morgan fingerprint density at radius 2 is 2.10 bits per heavy atom. The third-order valence-electron chi connectivity index (χ3n) is 5.50. The van der Waals surface area contributed by atoms with Crippen LogP contribution in [0.2, 0.25) is 0 Å². The van der Waals surface area contributed by atoms with Gasteiger partial charge in [-0.1, -0.05) is 0 Å². The van der Waals surface area contributed by atoms with Crippen molar-refractivity contribution in [2.24, 2.45) is 11.3 Å². The number of ether oxygens (including phenoxy) is 3. The van der Waals surface area contributed by atoms with Crippen molar-refractivity contribution in [2.75, 3.05) is 40.0 Å². The molecular formula is C17H31NO3. The summed E-state index contributed by atoms with van der Waals surface area (Å²) < 4.78 is 17.1. The Morgan fingerprint density at radius 3 is 2.81 bits per heavy atom. The molecule has 2 aliphatic heterocycles. The highest BCUT2D eigenvalue weighted by atomic mass is 16.5. The first-order valence-electron chi connectivity index (χ1n) is 8.77. The summed E-state index contributed by atoms with van der Waals surface area (Å²) in [5.41, 5.74) is 0.334. The van der Waals surface area contributed by atoms with E-state index in [2.05, 4.69) is 5.32 Å². The number of nitrogens with one attached hydrogen (secondary N) is 1. The third-order valence-corrected chi connectivity index (χ3v) is 5.50. The van der Waals surface area contributed by atoms with Crippen molar-refractivity contribution in [3.63, 3.8) is 0 Å². The molecular weight excluding hydrogens is 266 g/mol. The highest BCUT2D eigenvalue weighted by molar-refractivity contribution is 5.00. The zero-order valence-electron chi connectivity index (χ0n) is 13.4. The van der Waals surface area contributed by atoms with Gasteiger partial charge in [0.05, 0.1) is 18.8 Å². The smallest absolute Gasteiger partial charge is 0.0672 e. The molecule has 4 nitrogen and oxygen atoms in total. The zero-order valence-corrected chi connectivity index (χ0v) is 13.4. The molecule has 3 fully saturated rings. The number of hydrogen-bond donors (Lipinski definition) is 1. The van der Waals surface area contributed by atoms with Gasteiger partial charge in [0.2, 0.25) is 0 Å². The molecule has 0 bridgehead atoms. The van der Waals surface area contributed by atoms with E-state index in [4.69, 9.17) is 14.2 Å². The van der Waals surface area contributed by atoms with Crippen LogP contribution in [-0.2, 0) is 14.2 Å². The van der Waals surface area contributed by atoms with Crippen molar-refractivity contribution in [1.29, 1.82) is 0 Å². The lowest BCUT2D eigenvalue weighted by molar-refractivity contribution is 0.0149. The third kappa shape index (κ3) is 3.98. The van der Waals surface area contributed by atoms with Crippen LogP contribution in [0.4, 0.5) is 0 Å². The van der Waals surface area contributed by atoms with E-state index in [-0.39, 0.29) is 0 Å². The van der Waals surface area contributed by atoms with Crippen LogP contribution in [0.15, 0.2) is 0 Å². The van der Waals surface area contributed by atoms with Gasteiger partial charge >= 0.3 is 0 Å². The predicted molar refractivity (Wildman–Crippen MR) is 82.5 cm³/mol. The zero-order chi connectivity index (χ0) is 14.5. The van der Waals surface area contributed by atoms with Crippen LogP contribution in [0, 0.1) is 11.3 Å². The fraction of sp³-hybridized carbons (Fsp3) is 1.00. The fourth-order valence-electron chi connectivity index (χ4n) is 4.12. The first-order chi connectivity index (χ1) is 10.3. The van der Waals surface area contributed by atoms with Gasteiger partial charge in [-0.15, -0.1) is 0 Å². The second-order valence-electron chi connectivity index (χ2n) is 7.08.